The van der Waals surface area contributed by atoms with E-state index in [0.717, 1.165) is 4.68 Å². The zero-order valence-corrected chi connectivity index (χ0v) is 13.7. The van der Waals surface area contributed by atoms with Gasteiger partial charge in [-0.2, -0.15) is 18.3 Å². The smallest absolute Gasteiger partial charge is 0.324 e. The van der Waals surface area contributed by atoms with Crippen LogP contribution in [-0.4, -0.2) is 20.6 Å². The van der Waals surface area contributed by atoms with Crippen molar-refractivity contribution in [2.24, 2.45) is 0 Å². The van der Waals surface area contributed by atoms with Gasteiger partial charge in [-0.05, 0) is 35.0 Å². The molecule has 0 radical (unpaired) electrons. The number of halogens is 4. The number of benzene rings is 1. The number of carbonyl (C=O) groups is 1. The van der Waals surface area contributed by atoms with E-state index in [1.807, 2.05) is 0 Å². The predicted molar refractivity (Wildman–Crippen MR) is 81.4 cm³/mol. The summed E-state index contributed by atoms with van der Waals surface area (Å²) in [6.45, 7) is 0.961. The Morgan fingerprint density at radius 3 is 2.42 bits per heavy atom. The van der Waals surface area contributed by atoms with Crippen LogP contribution in [-0.2, 0) is 17.5 Å². The summed E-state index contributed by atoms with van der Waals surface area (Å²) >= 11 is 2.82. The number of aromatic nitrogens is 2. The molecule has 11 heteroatoms. The third-order valence-corrected chi connectivity index (χ3v) is 4.01. The lowest BCUT2D eigenvalue weighted by molar-refractivity contribution is -0.384. The Bertz CT molecular complexity index is 787. The van der Waals surface area contributed by atoms with Gasteiger partial charge in [-0.1, -0.05) is 0 Å². The van der Waals surface area contributed by atoms with Crippen molar-refractivity contribution >= 4 is 33.2 Å². The van der Waals surface area contributed by atoms with E-state index in [0.29, 0.717) is 0 Å². The molecule has 7 nitrogen and oxygen atoms in total. The molecule has 2 rings (SSSR count). The number of amides is 1. The van der Waals surface area contributed by atoms with Crippen LogP contribution in [0.5, 0.6) is 0 Å². The molecule has 0 bridgehead atoms. The van der Waals surface area contributed by atoms with Crippen molar-refractivity contribution in [2.75, 3.05) is 5.32 Å². The Balaban J connectivity index is 2.11. The van der Waals surface area contributed by atoms with E-state index in [9.17, 15) is 28.1 Å². The number of nitrogens with one attached hydrogen (secondary N) is 1. The minimum absolute atomic E-state index is 0.144. The molecule has 1 amide bonds. The second kappa shape index (κ2) is 6.59. The van der Waals surface area contributed by atoms with Gasteiger partial charge in [-0.3, -0.25) is 19.6 Å². The summed E-state index contributed by atoms with van der Waals surface area (Å²) in [7, 11) is 0. The van der Waals surface area contributed by atoms with E-state index in [2.05, 4.69) is 26.3 Å². The Labute approximate surface area is 141 Å². The van der Waals surface area contributed by atoms with Crippen LogP contribution in [0.2, 0.25) is 0 Å². The molecule has 0 saturated carbocycles. The maximum atomic E-state index is 12.8. The highest BCUT2D eigenvalue weighted by Crippen LogP contribution is 2.35. The summed E-state index contributed by atoms with van der Waals surface area (Å²) in [5.74, 6) is -0.615. The van der Waals surface area contributed by atoms with Crippen LogP contribution in [0.1, 0.15) is 11.4 Å². The van der Waals surface area contributed by atoms with Gasteiger partial charge in [0.15, 0.2) is 5.69 Å². The lowest BCUT2D eigenvalue weighted by atomic mass is 10.3. The number of non-ortho nitro benzene ring substituents is 1. The van der Waals surface area contributed by atoms with Gasteiger partial charge < -0.3 is 5.32 Å². The van der Waals surface area contributed by atoms with E-state index in [1.165, 1.54) is 31.2 Å². The molecule has 0 spiro atoms. The second-order valence-electron chi connectivity index (χ2n) is 4.76. The number of nitro benzene ring substituents is 1. The molecular weight excluding hydrogens is 397 g/mol. The van der Waals surface area contributed by atoms with Crippen LogP contribution in [0.15, 0.2) is 28.7 Å². The summed E-state index contributed by atoms with van der Waals surface area (Å²) in [5, 5.41) is 16.4. The molecule has 0 unspecified atom stereocenters. The first kappa shape index (κ1) is 17.9. The summed E-state index contributed by atoms with van der Waals surface area (Å²) < 4.78 is 39.0. The van der Waals surface area contributed by atoms with Crippen LogP contribution in [0.3, 0.4) is 0 Å². The molecule has 0 aliphatic heterocycles. The molecule has 1 heterocycles. The molecule has 0 aliphatic rings. The monoisotopic (exact) mass is 406 g/mol. The molecule has 0 fully saturated rings. The highest BCUT2D eigenvalue weighted by atomic mass is 79.9. The SMILES string of the molecule is Cc1c(Br)c(C(F)(F)F)nn1CC(=O)Nc1ccc([N+](=O)[O-])cc1. The predicted octanol–water partition coefficient (Wildman–Crippen LogP) is 3.52. The van der Waals surface area contributed by atoms with Gasteiger partial charge in [0.25, 0.3) is 5.69 Å². The van der Waals surface area contributed by atoms with Gasteiger partial charge in [0, 0.05) is 17.8 Å². The normalized spacial score (nSPS) is 11.4. The summed E-state index contributed by atoms with van der Waals surface area (Å²) in [4.78, 5) is 21.9. The largest absolute Gasteiger partial charge is 0.436 e. The quantitative estimate of drug-likeness (QED) is 0.621. The summed E-state index contributed by atoms with van der Waals surface area (Å²) in [5.41, 5.74) is -0.815. The fourth-order valence-electron chi connectivity index (χ4n) is 1.86. The number of hydrogen-bond donors (Lipinski definition) is 1. The number of anilines is 1. The molecule has 1 N–H and O–H groups in total. The zero-order valence-electron chi connectivity index (χ0n) is 12.1. The van der Waals surface area contributed by atoms with Crippen molar-refractivity contribution in [3.05, 3.63) is 50.2 Å². The van der Waals surface area contributed by atoms with Crippen molar-refractivity contribution in [3.8, 4) is 0 Å². The summed E-state index contributed by atoms with van der Waals surface area (Å²) in [6, 6.07) is 5.05. The molecule has 2 aromatic rings. The number of alkyl halides is 3. The number of nitro groups is 1. The molecule has 128 valence electrons. The first-order valence-corrected chi connectivity index (χ1v) is 7.23. The minimum Gasteiger partial charge on any atom is -0.324 e. The maximum Gasteiger partial charge on any atom is 0.436 e. The van der Waals surface area contributed by atoms with Gasteiger partial charge in [-0.15, -0.1) is 0 Å². The van der Waals surface area contributed by atoms with E-state index in [4.69, 9.17) is 0 Å². The standard InChI is InChI=1S/C13H10BrF3N4O3/c1-7-11(14)12(13(15,16)17)19-20(7)6-10(22)18-8-2-4-9(5-3-8)21(23)24/h2-5H,6H2,1H3,(H,18,22). The molecule has 0 saturated heterocycles. The van der Waals surface area contributed by atoms with Gasteiger partial charge in [0.1, 0.15) is 6.54 Å². The van der Waals surface area contributed by atoms with Crippen molar-refractivity contribution in [1.82, 2.24) is 9.78 Å². The highest BCUT2D eigenvalue weighted by Gasteiger charge is 2.38. The zero-order chi connectivity index (χ0) is 18.1. The Morgan fingerprint density at radius 2 is 1.96 bits per heavy atom. The van der Waals surface area contributed by atoms with Crippen molar-refractivity contribution in [3.63, 3.8) is 0 Å². The number of carbonyl (C=O) groups excluding carboxylic acids is 1. The number of hydrogen-bond acceptors (Lipinski definition) is 4. The third kappa shape index (κ3) is 3.91. The van der Waals surface area contributed by atoms with Crippen LogP contribution in [0.4, 0.5) is 24.5 Å². The van der Waals surface area contributed by atoms with Gasteiger partial charge >= 0.3 is 6.18 Å². The fourth-order valence-corrected chi connectivity index (χ4v) is 2.37. The fraction of sp³-hybridized carbons (Fsp3) is 0.231. The molecule has 0 aliphatic carbocycles. The highest BCUT2D eigenvalue weighted by molar-refractivity contribution is 9.10. The van der Waals surface area contributed by atoms with Crippen molar-refractivity contribution < 1.29 is 22.9 Å². The Hall–Kier alpha value is -2.43. The maximum absolute atomic E-state index is 12.8. The molecule has 0 atom stereocenters. The molecule has 24 heavy (non-hydrogen) atoms. The number of nitrogens with zero attached hydrogens (tertiary/aromatic N) is 3. The lowest BCUT2D eigenvalue weighted by Crippen LogP contribution is -2.20. The van der Waals surface area contributed by atoms with Crippen LogP contribution in [0, 0.1) is 17.0 Å². The van der Waals surface area contributed by atoms with E-state index in [-0.39, 0.29) is 21.5 Å². The van der Waals surface area contributed by atoms with E-state index in [1.54, 1.807) is 0 Å². The van der Waals surface area contributed by atoms with Crippen LogP contribution in [0.25, 0.3) is 0 Å². The molecular formula is C13H10BrF3N4O3. The number of rotatable bonds is 4. The first-order chi connectivity index (χ1) is 11.1. The second-order valence-corrected chi connectivity index (χ2v) is 5.55. The van der Waals surface area contributed by atoms with Gasteiger partial charge in [-0.25, -0.2) is 0 Å². The average Bonchev–Trinajstić information content (AvgIpc) is 2.76. The van der Waals surface area contributed by atoms with Crippen LogP contribution < -0.4 is 5.32 Å². The van der Waals surface area contributed by atoms with Crippen LogP contribution >= 0.6 is 15.9 Å². The van der Waals surface area contributed by atoms with E-state index >= 15 is 0 Å². The summed E-state index contributed by atoms with van der Waals surface area (Å²) in [6.07, 6.45) is -4.64. The Kier molecular flexibility index (Phi) is 4.92. The average molecular weight is 407 g/mol. The van der Waals surface area contributed by atoms with Crippen molar-refractivity contribution in [1.29, 1.82) is 0 Å². The third-order valence-electron chi connectivity index (χ3n) is 3.06. The molecule has 1 aromatic carbocycles. The topological polar surface area (TPSA) is 90.1 Å². The van der Waals surface area contributed by atoms with Gasteiger partial charge in [0.05, 0.1) is 15.1 Å². The first-order valence-electron chi connectivity index (χ1n) is 6.44. The molecule has 1 aromatic heterocycles. The lowest BCUT2D eigenvalue weighted by Gasteiger charge is -2.06. The minimum atomic E-state index is -4.64. The van der Waals surface area contributed by atoms with E-state index < -0.39 is 29.2 Å². The Morgan fingerprint density at radius 1 is 1.38 bits per heavy atom. The van der Waals surface area contributed by atoms with Crippen molar-refractivity contribution in [2.45, 2.75) is 19.6 Å². The van der Waals surface area contributed by atoms with Gasteiger partial charge in [0.2, 0.25) is 5.91 Å².